The van der Waals surface area contributed by atoms with Crippen molar-refractivity contribution in [1.29, 1.82) is 0 Å². The van der Waals surface area contributed by atoms with Gasteiger partial charge < -0.3 is 10.3 Å². The summed E-state index contributed by atoms with van der Waals surface area (Å²) in [5.41, 5.74) is 8.27. The topological polar surface area (TPSA) is 55.3 Å². The lowest BCUT2D eigenvalue weighted by atomic mass is 9.94. The summed E-state index contributed by atoms with van der Waals surface area (Å²) in [4.78, 5) is 2.44. The van der Waals surface area contributed by atoms with Crippen LogP contribution >= 0.6 is 0 Å². The second kappa shape index (κ2) is 4.55. The number of hydrogen-bond donors (Lipinski definition) is 1. The summed E-state index contributed by atoms with van der Waals surface area (Å²) in [5.74, 6) is 1.52. The number of nitrogens with zero attached hydrogens (tertiary/aromatic N) is 2. The molecule has 2 unspecified atom stereocenters. The highest BCUT2D eigenvalue weighted by molar-refractivity contribution is 5.20. The molecule has 2 heterocycles. The fourth-order valence-corrected chi connectivity index (χ4v) is 2.34. The Hall–Kier alpha value is -0.870. The van der Waals surface area contributed by atoms with Crippen LogP contribution in [0.15, 0.2) is 4.52 Å². The molecule has 1 aromatic rings. The van der Waals surface area contributed by atoms with Crippen LogP contribution in [0, 0.1) is 19.8 Å². The summed E-state index contributed by atoms with van der Waals surface area (Å²) in [6.45, 7) is 9.31. The monoisotopic (exact) mass is 223 g/mol. The SMILES string of the molecule is Cc1noc(C)c1CN1CCC(N)C(C)C1. The maximum atomic E-state index is 6.02. The van der Waals surface area contributed by atoms with Gasteiger partial charge in [-0.15, -0.1) is 0 Å². The van der Waals surface area contributed by atoms with Crippen LogP contribution in [0.1, 0.15) is 30.4 Å². The molecule has 90 valence electrons. The Kier molecular flexibility index (Phi) is 3.30. The summed E-state index contributed by atoms with van der Waals surface area (Å²) in [6.07, 6.45) is 1.09. The second-order valence-corrected chi connectivity index (χ2v) is 4.97. The van der Waals surface area contributed by atoms with Crippen LogP contribution in [0.5, 0.6) is 0 Å². The molecule has 0 radical (unpaired) electrons. The predicted octanol–water partition coefficient (Wildman–Crippen LogP) is 1.46. The van der Waals surface area contributed by atoms with E-state index in [0.29, 0.717) is 12.0 Å². The normalized spacial score (nSPS) is 27.2. The molecule has 0 spiro atoms. The average molecular weight is 223 g/mol. The largest absolute Gasteiger partial charge is 0.361 e. The van der Waals surface area contributed by atoms with E-state index < -0.39 is 0 Å². The lowest BCUT2D eigenvalue weighted by Crippen LogP contribution is -2.45. The van der Waals surface area contributed by atoms with Crippen LogP contribution in [0.2, 0.25) is 0 Å². The van der Waals surface area contributed by atoms with Crippen molar-refractivity contribution in [1.82, 2.24) is 10.1 Å². The van der Waals surface area contributed by atoms with E-state index in [4.69, 9.17) is 10.3 Å². The lowest BCUT2D eigenvalue weighted by molar-refractivity contribution is 0.157. The van der Waals surface area contributed by atoms with Crippen LogP contribution in [0.25, 0.3) is 0 Å². The smallest absolute Gasteiger partial charge is 0.138 e. The average Bonchev–Trinajstić information content (AvgIpc) is 2.55. The number of aromatic nitrogens is 1. The van der Waals surface area contributed by atoms with Crippen LogP contribution in [0.4, 0.5) is 0 Å². The fourth-order valence-electron chi connectivity index (χ4n) is 2.34. The third-order valence-electron chi connectivity index (χ3n) is 3.62. The lowest BCUT2D eigenvalue weighted by Gasteiger charge is -2.34. The first-order valence-electron chi connectivity index (χ1n) is 5.97. The summed E-state index contributed by atoms with van der Waals surface area (Å²) in [6, 6.07) is 0.362. The molecule has 1 aliphatic rings. The van der Waals surface area contributed by atoms with Crippen LogP contribution in [0.3, 0.4) is 0 Å². The number of hydrogen-bond acceptors (Lipinski definition) is 4. The van der Waals surface area contributed by atoms with E-state index in [2.05, 4.69) is 17.0 Å². The minimum absolute atomic E-state index is 0.362. The molecule has 0 amide bonds. The predicted molar refractivity (Wildman–Crippen MR) is 63.0 cm³/mol. The Morgan fingerprint density at radius 3 is 2.81 bits per heavy atom. The van der Waals surface area contributed by atoms with E-state index >= 15 is 0 Å². The molecular weight excluding hydrogens is 202 g/mol. The van der Waals surface area contributed by atoms with Crippen molar-refractivity contribution in [3.63, 3.8) is 0 Å². The van der Waals surface area contributed by atoms with Gasteiger partial charge in [-0.25, -0.2) is 0 Å². The highest BCUT2D eigenvalue weighted by Gasteiger charge is 2.24. The maximum absolute atomic E-state index is 6.02. The molecule has 2 N–H and O–H groups in total. The molecular formula is C12H21N3O. The van der Waals surface area contributed by atoms with Gasteiger partial charge >= 0.3 is 0 Å². The molecule has 4 nitrogen and oxygen atoms in total. The Bertz CT molecular complexity index is 342. The minimum Gasteiger partial charge on any atom is -0.361 e. The molecule has 0 bridgehead atoms. The van der Waals surface area contributed by atoms with E-state index in [1.807, 2.05) is 13.8 Å². The van der Waals surface area contributed by atoms with Gasteiger partial charge in [-0.3, -0.25) is 4.90 Å². The number of aryl methyl sites for hydroxylation is 2. The van der Waals surface area contributed by atoms with Crippen LogP contribution < -0.4 is 5.73 Å². The summed E-state index contributed by atoms with van der Waals surface area (Å²) >= 11 is 0. The molecule has 1 aromatic heterocycles. The number of piperidine rings is 1. The first kappa shape index (κ1) is 11.6. The van der Waals surface area contributed by atoms with Gasteiger partial charge in [-0.2, -0.15) is 0 Å². The van der Waals surface area contributed by atoms with Crippen molar-refractivity contribution in [3.05, 3.63) is 17.0 Å². The molecule has 16 heavy (non-hydrogen) atoms. The zero-order valence-electron chi connectivity index (χ0n) is 10.4. The van der Waals surface area contributed by atoms with Crippen LogP contribution in [-0.4, -0.2) is 29.2 Å². The molecule has 0 aliphatic carbocycles. The molecule has 2 atom stereocenters. The van der Waals surface area contributed by atoms with Crippen molar-refractivity contribution < 1.29 is 4.52 Å². The second-order valence-electron chi connectivity index (χ2n) is 4.97. The minimum atomic E-state index is 0.362. The van der Waals surface area contributed by atoms with E-state index in [1.54, 1.807) is 0 Å². The fraction of sp³-hybridized carbons (Fsp3) is 0.750. The van der Waals surface area contributed by atoms with Gasteiger partial charge in [0, 0.05) is 24.7 Å². The number of rotatable bonds is 2. The highest BCUT2D eigenvalue weighted by atomic mass is 16.5. The highest BCUT2D eigenvalue weighted by Crippen LogP contribution is 2.20. The maximum Gasteiger partial charge on any atom is 0.138 e. The van der Waals surface area contributed by atoms with Crippen molar-refractivity contribution in [3.8, 4) is 0 Å². The molecule has 4 heteroatoms. The summed E-state index contributed by atoms with van der Waals surface area (Å²) in [5, 5.41) is 3.99. The van der Waals surface area contributed by atoms with Crippen molar-refractivity contribution in [2.24, 2.45) is 11.7 Å². The molecule has 0 saturated carbocycles. The van der Waals surface area contributed by atoms with Crippen molar-refractivity contribution in [2.75, 3.05) is 13.1 Å². The van der Waals surface area contributed by atoms with E-state index in [0.717, 1.165) is 37.5 Å². The van der Waals surface area contributed by atoms with Gasteiger partial charge in [0.25, 0.3) is 0 Å². The van der Waals surface area contributed by atoms with Gasteiger partial charge in [0.2, 0.25) is 0 Å². The van der Waals surface area contributed by atoms with Gasteiger partial charge in [-0.1, -0.05) is 12.1 Å². The van der Waals surface area contributed by atoms with Gasteiger partial charge in [0.15, 0.2) is 0 Å². The van der Waals surface area contributed by atoms with Crippen molar-refractivity contribution >= 4 is 0 Å². The first-order valence-corrected chi connectivity index (χ1v) is 5.97. The number of likely N-dealkylation sites (tertiary alicyclic amines) is 1. The molecule has 1 fully saturated rings. The van der Waals surface area contributed by atoms with Gasteiger partial charge in [0.05, 0.1) is 5.69 Å². The molecule has 1 aliphatic heterocycles. The molecule has 1 saturated heterocycles. The quantitative estimate of drug-likeness (QED) is 0.824. The van der Waals surface area contributed by atoms with E-state index in [9.17, 15) is 0 Å². The zero-order chi connectivity index (χ0) is 11.7. The Morgan fingerprint density at radius 1 is 1.50 bits per heavy atom. The Morgan fingerprint density at radius 2 is 2.25 bits per heavy atom. The van der Waals surface area contributed by atoms with E-state index in [-0.39, 0.29) is 0 Å². The first-order chi connectivity index (χ1) is 7.58. The summed E-state index contributed by atoms with van der Waals surface area (Å²) in [7, 11) is 0. The van der Waals surface area contributed by atoms with Crippen molar-refractivity contribution in [2.45, 2.75) is 39.8 Å². The zero-order valence-corrected chi connectivity index (χ0v) is 10.4. The molecule has 2 rings (SSSR count). The van der Waals surface area contributed by atoms with Crippen LogP contribution in [-0.2, 0) is 6.54 Å². The standard InChI is InChI=1S/C12H21N3O/c1-8-6-15(5-4-12(8)13)7-11-9(2)14-16-10(11)3/h8,12H,4-7,13H2,1-3H3. The number of nitrogens with two attached hydrogens (primary N) is 1. The van der Waals surface area contributed by atoms with Gasteiger partial charge in [0.1, 0.15) is 5.76 Å². The Balaban J connectivity index is 2.00. The third-order valence-corrected chi connectivity index (χ3v) is 3.62. The van der Waals surface area contributed by atoms with E-state index in [1.165, 1.54) is 5.56 Å². The Labute approximate surface area is 96.8 Å². The summed E-state index contributed by atoms with van der Waals surface area (Å²) < 4.78 is 5.18. The third kappa shape index (κ3) is 2.28. The molecule has 0 aromatic carbocycles. The van der Waals surface area contributed by atoms with Gasteiger partial charge in [-0.05, 0) is 32.7 Å².